The number of piperidine rings is 1. The van der Waals surface area contributed by atoms with E-state index in [9.17, 15) is 24.9 Å². The van der Waals surface area contributed by atoms with Crippen LogP contribution in [0.3, 0.4) is 0 Å². The number of nitrogens with one attached hydrogen (secondary N) is 1. The number of aliphatic hydroxyl groups is 3. The van der Waals surface area contributed by atoms with Gasteiger partial charge < -0.3 is 43.6 Å². The largest absolute Gasteiger partial charge is 0.496 e. The number of benzene rings is 2. The number of anilines is 1. The van der Waals surface area contributed by atoms with Crippen molar-refractivity contribution in [3.05, 3.63) is 70.9 Å². The Morgan fingerprint density at radius 1 is 0.968 bits per heavy atom. The maximum atomic E-state index is 15.5. The molecule has 1 aliphatic carbocycles. The Balaban J connectivity index is 1.38. The first-order valence-electron chi connectivity index (χ1n) is 22.6. The summed E-state index contributed by atoms with van der Waals surface area (Å²) in [5, 5.41) is 36.7. The molecule has 10 atom stereocenters. The van der Waals surface area contributed by atoms with Crippen LogP contribution in [-0.2, 0) is 45.8 Å². The fraction of sp³-hybridized carbons (Fsp3) is 0.604. The molecule has 0 amide bonds. The average molecular weight is 887 g/mol. The number of carbonyl (C=O) groups excluding carboxylic acids is 3. The minimum atomic E-state index is -2.39. The molecule has 3 fully saturated rings. The third-order valence-corrected chi connectivity index (χ3v) is 17.0. The molecule has 0 radical (unpaired) electrons. The lowest BCUT2D eigenvalue weighted by Gasteiger charge is -2.63. The van der Waals surface area contributed by atoms with E-state index in [4.69, 9.17) is 18.9 Å². The van der Waals surface area contributed by atoms with Gasteiger partial charge in [0.2, 0.25) is 5.60 Å². The first-order chi connectivity index (χ1) is 30.3. The second kappa shape index (κ2) is 16.1. The number of para-hydroxylation sites is 1. The number of aromatic amines is 1. The van der Waals surface area contributed by atoms with E-state index in [-0.39, 0.29) is 18.6 Å². The zero-order valence-electron chi connectivity index (χ0n) is 37.3. The molecule has 63 heavy (non-hydrogen) atoms. The molecule has 2 aromatic carbocycles. The van der Waals surface area contributed by atoms with Crippen molar-refractivity contribution >= 4 is 46.4 Å². The summed E-state index contributed by atoms with van der Waals surface area (Å²) in [5.41, 5.74) is -2.10. The summed E-state index contributed by atoms with van der Waals surface area (Å²) in [6.45, 7) is 8.40. The SMILES string of the molecule is CC[C@]1(O)C[C@@H]2CN(CCc3c([nH]c4ccccc34)[C@@](C(=O)OC)(c3cc4c(cc3OC)N(SCCCO)[C@H]3[C@@](O)(C(=O)OC)[C@H](OC(C)=O)[C@]5(CC)C=CCN6CC[C@]43[C@@H]65)C2)C1. The summed E-state index contributed by atoms with van der Waals surface area (Å²) in [6.07, 6.45) is 6.13. The van der Waals surface area contributed by atoms with Gasteiger partial charge in [0.25, 0.3) is 0 Å². The van der Waals surface area contributed by atoms with Crippen LogP contribution < -0.4 is 9.04 Å². The van der Waals surface area contributed by atoms with E-state index >= 15 is 4.79 Å². The number of rotatable bonds is 11. The Labute approximate surface area is 373 Å². The van der Waals surface area contributed by atoms with Gasteiger partial charge in [-0.2, -0.15) is 0 Å². The molecule has 1 aromatic heterocycles. The van der Waals surface area contributed by atoms with Crippen LogP contribution in [-0.4, -0.2) is 144 Å². The second-order valence-corrected chi connectivity index (χ2v) is 19.9. The van der Waals surface area contributed by atoms with Gasteiger partial charge in [-0.1, -0.05) is 44.2 Å². The quantitative estimate of drug-likeness (QED) is 0.0702. The van der Waals surface area contributed by atoms with E-state index < -0.39 is 57.5 Å². The van der Waals surface area contributed by atoms with Gasteiger partial charge in [0.1, 0.15) is 11.2 Å². The number of ether oxygens (including phenoxy) is 4. The number of H-pyrrole nitrogens is 1. The normalized spacial score (nSPS) is 35.4. The van der Waals surface area contributed by atoms with Crippen molar-refractivity contribution in [1.29, 1.82) is 0 Å². The van der Waals surface area contributed by atoms with Crippen molar-refractivity contribution in [2.45, 2.75) is 106 Å². The molecule has 15 heteroatoms. The second-order valence-electron chi connectivity index (χ2n) is 18.8. The minimum Gasteiger partial charge on any atom is -0.496 e. The summed E-state index contributed by atoms with van der Waals surface area (Å²) in [4.78, 5) is 51.8. The summed E-state index contributed by atoms with van der Waals surface area (Å²) >= 11 is 1.39. The Bertz CT molecular complexity index is 2340. The van der Waals surface area contributed by atoms with E-state index in [1.165, 1.54) is 33.1 Å². The van der Waals surface area contributed by atoms with Crippen LogP contribution >= 0.6 is 11.9 Å². The van der Waals surface area contributed by atoms with E-state index in [0.717, 1.165) is 27.7 Å². The van der Waals surface area contributed by atoms with E-state index in [0.29, 0.717) is 100 Å². The molecule has 3 aromatic rings. The summed E-state index contributed by atoms with van der Waals surface area (Å²) in [6, 6.07) is 10.7. The molecule has 1 spiro atoms. The highest BCUT2D eigenvalue weighted by Crippen LogP contribution is 2.69. The van der Waals surface area contributed by atoms with Crippen molar-refractivity contribution in [2.24, 2.45) is 11.3 Å². The minimum absolute atomic E-state index is 0.0660. The highest BCUT2D eigenvalue weighted by Gasteiger charge is 2.81. The monoisotopic (exact) mass is 886 g/mol. The summed E-state index contributed by atoms with van der Waals surface area (Å²) < 4.78 is 26.2. The molecular weight excluding hydrogens is 825 g/mol. The number of aliphatic hydroxyl groups excluding tert-OH is 1. The van der Waals surface area contributed by atoms with Gasteiger partial charge in [0.15, 0.2) is 6.10 Å². The van der Waals surface area contributed by atoms with Gasteiger partial charge in [-0.25, -0.2) is 4.79 Å². The number of nitrogens with zero attached hydrogens (tertiary/aromatic N) is 3. The van der Waals surface area contributed by atoms with Gasteiger partial charge in [-0.3, -0.25) is 19.4 Å². The van der Waals surface area contributed by atoms with Crippen LogP contribution in [0.4, 0.5) is 5.69 Å². The first kappa shape index (κ1) is 44.1. The lowest BCUT2D eigenvalue weighted by atomic mass is 9.47. The molecule has 1 unspecified atom stereocenters. The molecule has 4 N–H and O–H groups in total. The highest BCUT2D eigenvalue weighted by atomic mass is 32.2. The number of hydrogen-bond donors (Lipinski definition) is 4. The number of aromatic nitrogens is 1. The predicted molar refractivity (Wildman–Crippen MR) is 239 cm³/mol. The number of hydrogen-bond acceptors (Lipinski definition) is 14. The fourth-order valence-corrected chi connectivity index (χ4v) is 14.8. The van der Waals surface area contributed by atoms with E-state index in [1.807, 2.05) is 54.6 Å². The number of esters is 3. The molecule has 6 heterocycles. The zero-order chi connectivity index (χ0) is 44.7. The van der Waals surface area contributed by atoms with Crippen molar-refractivity contribution in [3.63, 3.8) is 0 Å². The average Bonchev–Trinajstić information content (AvgIpc) is 3.96. The Morgan fingerprint density at radius 3 is 2.44 bits per heavy atom. The van der Waals surface area contributed by atoms with Gasteiger partial charge in [-0.15, -0.1) is 0 Å². The molecule has 5 aliphatic heterocycles. The fourth-order valence-electron chi connectivity index (χ4n) is 13.5. The lowest BCUT2D eigenvalue weighted by Crippen LogP contribution is -2.81. The third-order valence-electron chi connectivity index (χ3n) is 15.8. The number of fused-ring (bicyclic) bond motifs is 6. The molecule has 340 valence electrons. The van der Waals surface area contributed by atoms with Gasteiger partial charge >= 0.3 is 17.9 Å². The van der Waals surface area contributed by atoms with Gasteiger partial charge in [-0.05, 0) is 92.6 Å². The van der Waals surface area contributed by atoms with Crippen LogP contribution in [0, 0.1) is 11.3 Å². The Kier molecular flexibility index (Phi) is 11.3. The standard InChI is InChI=1S/C48H62N4O10S/c1-7-44(57)25-30-26-47(42(55)60-5,38-32(15-19-50(27-30)28-44)31-13-9-10-14-35(31)49-38)34-23-33-36(24-37(34)59-4)52(63-22-12-21-53)40-46(33)17-20-51-18-11-16-45(8-2,39(46)51)41(62-29(3)54)48(40,58)43(56)61-6/h9-11,13-14,16,23-24,30,39-41,49,53,57-58H,7-8,12,15,17-22,25-28H2,1-6H3/t30-,39-,40+,41+,44-,45+,46+,47-,48-/m0/s1. The Hall–Kier alpha value is -4.12. The van der Waals surface area contributed by atoms with Gasteiger partial charge in [0, 0.05) is 90.6 Å². The van der Waals surface area contributed by atoms with E-state index in [2.05, 4.69) is 26.9 Å². The Morgan fingerprint density at radius 2 is 1.75 bits per heavy atom. The zero-order valence-corrected chi connectivity index (χ0v) is 38.1. The third kappa shape index (κ3) is 6.19. The van der Waals surface area contributed by atoms with Crippen LogP contribution in [0.2, 0.25) is 0 Å². The summed E-state index contributed by atoms with van der Waals surface area (Å²) in [5.74, 6) is -1.27. The van der Waals surface area contributed by atoms with E-state index in [1.54, 1.807) is 7.11 Å². The molecule has 1 saturated carbocycles. The number of methoxy groups -OCH3 is 3. The van der Waals surface area contributed by atoms with Crippen molar-refractivity contribution in [2.75, 3.05) is 70.7 Å². The van der Waals surface area contributed by atoms with Crippen LogP contribution in [0.1, 0.15) is 81.7 Å². The topological polar surface area (TPSA) is 174 Å². The smallest absolute Gasteiger partial charge is 0.344 e. The van der Waals surface area contributed by atoms with Crippen molar-refractivity contribution in [3.8, 4) is 5.75 Å². The van der Waals surface area contributed by atoms with Crippen LogP contribution in [0.5, 0.6) is 5.75 Å². The van der Waals surface area contributed by atoms with Crippen LogP contribution in [0.15, 0.2) is 48.6 Å². The van der Waals surface area contributed by atoms with Crippen molar-refractivity contribution in [1.82, 2.24) is 14.8 Å². The molecule has 2 bridgehead atoms. The van der Waals surface area contributed by atoms with Crippen LogP contribution in [0.25, 0.3) is 10.9 Å². The highest BCUT2D eigenvalue weighted by molar-refractivity contribution is 8.00. The first-order valence-corrected chi connectivity index (χ1v) is 23.5. The maximum absolute atomic E-state index is 15.5. The molecule has 2 saturated heterocycles. The molecule has 9 rings (SSSR count). The lowest BCUT2D eigenvalue weighted by molar-refractivity contribution is -0.227. The number of carbonyl (C=O) groups is 3. The molecular formula is C48H62N4O10S. The predicted octanol–water partition coefficient (Wildman–Crippen LogP) is 4.39. The van der Waals surface area contributed by atoms with Crippen molar-refractivity contribution < 1.29 is 48.7 Å². The summed E-state index contributed by atoms with van der Waals surface area (Å²) in [7, 11) is 4.26. The maximum Gasteiger partial charge on any atom is 0.344 e. The van der Waals surface area contributed by atoms with Gasteiger partial charge in [0.05, 0.1) is 38.7 Å². The molecule has 14 nitrogen and oxygen atoms in total. The molecule has 6 aliphatic rings.